The third kappa shape index (κ3) is 4.66. The van der Waals surface area contributed by atoms with Gasteiger partial charge in [0.15, 0.2) is 0 Å². The average Bonchev–Trinajstić information content (AvgIpc) is 2.35. The van der Waals surface area contributed by atoms with Crippen LogP contribution in [0.4, 0.5) is 0 Å². The number of rotatable bonds is 5. The van der Waals surface area contributed by atoms with Crippen molar-refractivity contribution in [2.24, 2.45) is 11.3 Å². The summed E-state index contributed by atoms with van der Waals surface area (Å²) in [7, 11) is 0. The lowest BCUT2D eigenvalue weighted by molar-refractivity contribution is -0.126. The summed E-state index contributed by atoms with van der Waals surface area (Å²) in [5.74, 6) is 0.172. The predicted molar refractivity (Wildman–Crippen MR) is 78.6 cm³/mol. The van der Waals surface area contributed by atoms with E-state index in [0.717, 1.165) is 18.5 Å². The topological polar surface area (TPSA) is 42.0 Å². The number of pyridine rings is 1. The molecule has 19 heavy (non-hydrogen) atoms. The monoisotopic (exact) mass is 262 g/mol. The van der Waals surface area contributed by atoms with Gasteiger partial charge in [0.25, 0.3) is 0 Å². The van der Waals surface area contributed by atoms with Gasteiger partial charge in [-0.1, -0.05) is 47.1 Å². The van der Waals surface area contributed by atoms with Gasteiger partial charge in [0.1, 0.15) is 0 Å². The molecule has 1 aromatic heterocycles. The quantitative estimate of drug-likeness (QED) is 0.878. The highest BCUT2D eigenvalue weighted by Gasteiger charge is 2.29. The highest BCUT2D eigenvalue weighted by molar-refractivity contribution is 5.78. The van der Waals surface area contributed by atoms with Crippen LogP contribution in [0.15, 0.2) is 24.4 Å². The molecule has 0 aromatic carbocycles. The van der Waals surface area contributed by atoms with E-state index in [2.05, 4.69) is 38.0 Å². The fraction of sp³-hybridized carbons (Fsp3) is 0.625. The smallest absolute Gasteiger partial charge is 0.223 e. The standard InChI is InChI=1S/C16H26N2O/c1-6-9-12(2)15(19)18-14(16(3,4)5)13-10-7-8-11-17-13/h7-8,10-12,14H,6,9H2,1-5H3,(H,18,19)/t12?,14-/m1/s1. The van der Waals surface area contributed by atoms with E-state index in [4.69, 9.17) is 0 Å². The van der Waals surface area contributed by atoms with E-state index in [1.807, 2.05) is 25.1 Å². The number of aromatic nitrogens is 1. The van der Waals surface area contributed by atoms with Gasteiger partial charge in [-0.05, 0) is 24.0 Å². The maximum Gasteiger partial charge on any atom is 0.223 e. The first-order valence-electron chi connectivity index (χ1n) is 7.07. The summed E-state index contributed by atoms with van der Waals surface area (Å²) in [5.41, 5.74) is 0.864. The Morgan fingerprint density at radius 3 is 2.53 bits per heavy atom. The van der Waals surface area contributed by atoms with Gasteiger partial charge in [0.2, 0.25) is 5.91 Å². The molecule has 1 aromatic rings. The van der Waals surface area contributed by atoms with Gasteiger partial charge >= 0.3 is 0 Å². The molecule has 0 aliphatic rings. The van der Waals surface area contributed by atoms with Gasteiger partial charge in [0.05, 0.1) is 11.7 Å². The Hall–Kier alpha value is -1.38. The fourth-order valence-corrected chi connectivity index (χ4v) is 2.13. The van der Waals surface area contributed by atoms with Crippen molar-refractivity contribution in [2.75, 3.05) is 0 Å². The Morgan fingerprint density at radius 2 is 2.05 bits per heavy atom. The number of amides is 1. The number of nitrogens with zero attached hydrogens (tertiary/aromatic N) is 1. The molecule has 1 rings (SSSR count). The van der Waals surface area contributed by atoms with Crippen molar-refractivity contribution in [3.63, 3.8) is 0 Å². The molecule has 0 radical (unpaired) electrons. The molecule has 0 fully saturated rings. The van der Waals surface area contributed by atoms with E-state index >= 15 is 0 Å². The van der Waals surface area contributed by atoms with E-state index in [-0.39, 0.29) is 23.3 Å². The minimum absolute atomic E-state index is 0.0542. The summed E-state index contributed by atoms with van der Waals surface area (Å²) in [4.78, 5) is 16.6. The van der Waals surface area contributed by atoms with E-state index < -0.39 is 0 Å². The Kier molecular flexibility index (Phi) is 5.52. The Morgan fingerprint density at radius 1 is 1.37 bits per heavy atom. The largest absolute Gasteiger partial charge is 0.347 e. The molecular formula is C16H26N2O. The Balaban J connectivity index is 2.86. The van der Waals surface area contributed by atoms with Crippen molar-refractivity contribution in [1.29, 1.82) is 0 Å². The predicted octanol–water partition coefficient (Wildman–Crippen LogP) is 3.72. The number of hydrogen-bond acceptors (Lipinski definition) is 2. The zero-order valence-electron chi connectivity index (χ0n) is 12.7. The molecule has 0 bridgehead atoms. The van der Waals surface area contributed by atoms with Gasteiger partial charge in [-0.2, -0.15) is 0 Å². The van der Waals surface area contributed by atoms with E-state index in [1.165, 1.54) is 0 Å². The van der Waals surface area contributed by atoms with E-state index in [0.29, 0.717) is 0 Å². The maximum absolute atomic E-state index is 12.2. The summed E-state index contributed by atoms with van der Waals surface area (Å²) in [5, 5.41) is 3.16. The molecule has 1 amide bonds. The first kappa shape index (κ1) is 15.7. The zero-order valence-corrected chi connectivity index (χ0v) is 12.7. The van der Waals surface area contributed by atoms with Crippen molar-refractivity contribution in [2.45, 2.75) is 53.5 Å². The lowest BCUT2D eigenvalue weighted by Crippen LogP contribution is -2.39. The number of carbonyl (C=O) groups excluding carboxylic acids is 1. The van der Waals surface area contributed by atoms with Gasteiger partial charge in [-0.3, -0.25) is 9.78 Å². The summed E-state index contributed by atoms with van der Waals surface area (Å²) in [6.07, 6.45) is 3.72. The van der Waals surface area contributed by atoms with Crippen LogP contribution >= 0.6 is 0 Å². The molecule has 3 nitrogen and oxygen atoms in total. The molecule has 0 aliphatic carbocycles. The first-order chi connectivity index (χ1) is 8.86. The van der Waals surface area contributed by atoms with Crippen LogP contribution in [-0.4, -0.2) is 10.9 Å². The summed E-state index contributed by atoms with van der Waals surface area (Å²) >= 11 is 0. The fourth-order valence-electron chi connectivity index (χ4n) is 2.13. The van der Waals surface area contributed by atoms with Crippen LogP contribution in [0.25, 0.3) is 0 Å². The van der Waals surface area contributed by atoms with E-state index in [9.17, 15) is 4.79 Å². The Labute approximate surface area is 116 Å². The minimum atomic E-state index is -0.0596. The molecule has 0 spiro atoms. The highest BCUT2D eigenvalue weighted by Crippen LogP contribution is 2.31. The molecule has 1 heterocycles. The van der Waals surface area contributed by atoms with Crippen LogP contribution in [0.1, 0.15) is 59.2 Å². The third-order valence-electron chi connectivity index (χ3n) is 3.31. The molecule has 0 aliphatic heterocycles. The number of hydrogen-bond donors (Lipinski definition) is 1. The van der Waals surface area contributed by atoms with Crippen LogP contribution in [-0.2, 0) is 4.79 Å². The summed E-state index contributed by atoms with van der Waals surface area (Å²) < 4.78 is 0. The zero-order chi connectivity index (χ0) is 14.5. The second-order valence-electron chi connectivity index (χ2n) is 6.25. The molecule has 0 saturated carbocycles. The SMILES string of the molecule is CCCC(C)C(=O)N[C@H](c1ccccn1)C(C)(C)C. The second-order valence-corrected chi connectivity index (χ2v) is 6.25. The molecule has 0 saturated heterocycles. The molecule has 2 atom stereocenters. The first-order valence-corrected chi connectivity index (χ1v) is 7.07. The normalized spacial score (nSPS) is 14.8. The van der Waals surface area contributed by atoms with Gasteiger partial charge in [-0.25, -0.2) is 0 Å². The summed E-state index contributed by atoms with van der Waals surface area (Å²) in [6, 6.07) is 5.77. The van der Waals surface area contributed by atoms with Crippen molar-refractivity contribution >= 4 is 5.91 Å². The van der Waals surface area contributed by atoms with Crippen molar-refractivity contribution in [3.05, 3.63) is 30.1 Å². The number of nitrogens with one attached hydrogen (secondary N) is 1. The second kappa shape index (κ2) is 6.69. The number of carbonyl (C=O) groups is 1. The van der Waals surface area contributed by atoms with Crippen LogP contribution in [0.2, 0.25) is 0 Å². The molecule has 106 valence electrons. The van der Waals surface area contributed by atoms with Crippen LogP contribution in [0, 0.1) is 11.3 Å². The third-order valence-corrected chi connectivity index (χ3v) is 3.31. The molecule has 1 N–H and O–H groups in total. The molecule has 1 unspecified atom stereocenters. The Bertz CT molecular complexity index is 395. The van der Waals surface area contributed by atoms with Crippen LogP contribution < -0.4 is 5.32 Å². The van der Waals surface area contributed by atoms with Crippen LogP contribution in [0.5, 0.6) is 0 Å². The molecule has 3 heteroatoms. The van der Waals surface area contributed by atoms with Crippen LogP contribution in [0.3, 0.4) is 0 Å². The summed E-state index contributed by atoms with van der Waals surface area (Å²) in [6.45, 7) is 10.5. The van der Waals surface area contributed by atoms with Gasteiger partial charge in [-0.15, -0.1) is 0 Å². The van der Waals surface area contributed by atoms with Gasteiger partial charge in [0, 0.05) is 12.1 Å². The highest BCUT2D eigenvalue weighted by atomic mass is 16.1. The minimum Gasteiger partial charge on any atom is -0.347 e. The van der Waals surface area contributed by atoms with Gasteiger partial charge < -0.3 is 5.32 Å². The van der Waals surface area contributed by atoms with Crippen molar-refractivity contribution in [1.82, 2.24) is 10.3 Å². The average molecular weight is 262 g/mol. The molecular weight excluding hydrogens is 236 g/mol. The maximum atomic E-state index is 12.2. The van der Waals surface area contributed by atoms with Crippen molar-refractivity contribution in [3.8, 4) is 0 Å². The van der Waals surface area contributed by atoms with E-state index in [1.54, 1.807) is 6.20 Å². The van der Waals surface area contributed by atoms with Crippen molar-refractivity contribution < 1.29 is 4.79 Å². The lowest BCUT2D eigenvalue weighted by atomic mass is 9.84. The lowest BCUT2D eigenvalue weighted by Gasteiger charge is -2.32.